The molecule has 3 atom stereocenters. The fourth-order valence-corrected chi connectivity index (χ4v) is 4.31. The molecule has 0 heterocycles. The highest BCUT2D eigenvalue weighted by Gasteiger charge is 2.25. The minimum absolute atomic E-state index is 0.0141. The average Bonchev–Trinajstić information content (AvgIpc) is 2.85. The molecule has 3 aromatic carbocycles. The Hall–Kier alpha value is -3.33. The highest BCUT2D eigenvalue weighted by atomic mass is 35.5. The van der Waals surface area contributed by atoms with Crippen molar-refractivity contribution in [2.45, 2.75) is 57.7 Å². The fraction of sp³-hybridized carbons (Fsp3) is 0.333. The van der Waals surface area contributed by atoms with Crippen LogP contribution in [-0.2, 0) is 11.2 Å². The average molecular weight is 504 g/mol. The van der Waals surface area contributed by atoms with Crippen molar-refractivity contribution in [3.63, 3.8) is 0 Å². The zero-order valence-corrected chi connectivity index (χ0v) is 22.0. The number of alkyl carbamates (subject to hydrolysis) is 1. The molecule has 1 amide bonds. The Balaban J connectivity index is 1.86. The maximum Gasteiger partial charge on any atom is 0.407 e. The number of hydrogen-bond donors (Lipinski definition) is 2. The van der Waals surface area contributed by atoms with E-state index in [1.165, 1.54) is 0 Å². The van der Waals surface area contributed by atoms with Gasteiger partial charge in [0.25, 0.3) is 0 Å². The molecular weight excluding hydrogens is 470 g/mol. The van der Waals surface area contributed by atoms with Crippen LogP contribution in [0.2, 0.25) is 5.02 Å². The molecule has 3 aromatic rings. The van der Waals surface area contributed by atoms with Gasteiger partial charge in [-0.1, -0.05) is 66.2 Å². The van der Waals surface area contributed by atoms with Gasteiger partial charge in [-0.05, 0) is 75.1 Å². The standard InChI is InChI=1S/C30H34ClN3O2/c1-21(34-28(24-10-6-5-7-11-24)20-33-29(35)36-30(2,3)4)27(18-22-13-15-26(31)16-14-22)25-12-8-9-23(17-25)19-32/h5-17,21,27-28,34H,18,20H2,1-4H3,(H,33,35)/t21?,27?,28-/m1/s1. The van der Waals surface area contributed by atoms with E-state index in [0.717, 1.165) is 23.1 Å². The van der Waals surface area contributed by atoms with Gasteiger partial charge in [0.1, 0.15) is 5.60 Å². The molecule has 0 radical (unpaired) electrons. The Bertz CT molecular complexity index is 1170. The number of ether oxygens (including phenoxy) is 1. The second kappa shape index (κ2) is 12.6. The third-order valence-electron chi connectivity index (χ3n) is 5.93. The van der Waals surface area contributed by atoms with E-state index in [1.54, 1.807) is 0 Å². The number of hydrogen-bond acceptors (Lipinski definition) is 4. The zero-order valence-electron chi connectivity index (χ0n) is 21.3. The van der Waals surface area contributed by atoms with Crippen molar-refractivity contribution in [2.24, 2.45) is 0 Å². The Morgan fingerprint density at radius 1 is 1.00 bits per heavy atom. The smallest absolute Gasteiger partial charge is 0.407 e. The molecule has 0 saturated carbocycles. The van der Waals surface area contributed by atoms with E-state index in [-0.39, 0.29) is 18.0 Å². The monoisotopic (exact) mass is 503 g/mol. The maximum absolute atomic E-state index is 12.4. The van der Waals surface area contributed by atoms with Gasteiger partial charge >= 0.3 is 6.09 Å². The summed E-state index contributed by atoms with van der Waals surface area (Å²) in [5, 5.41) is 16.8. The second-order valence-corrected chi connectivity index (χ2v) is 10.4. The predicted molar refractivity (Wildman–Crippen MR) is 145 cm³/mol. The van der Waals surface area contributed by atoms with E-state index < -0.39 is 11.7 Å². The van der Waals surface area contributed by atoms with Crippen LogP contribution >= 0.6 is 11.6 Å². The van der Waals surface area contributed by atoms with E-state index in [4.69, 9.17) is 16.3 Å². The molecule has 188 valence electrons. The van der Waals surface area contributed by atoms with Crippen LogP contribution in [0, 0.1) is 11.3 Å². The number of carbonyl (C=O) groups is 1. The molecule has 36 heavy (non-hydrogen) atoms. The number of nitrogens with zero attached hydrogens (tertiary/aromatic N) is 1. The summed E-state index contributed by atoms with van der Waals surface area (Å²) in [7, 11) is 0. The van der Waals surface area contributed by atoms with Crippen LogP contribution in [0.25, 0.3) is 0 Å². The van der Waals surface area contributed by atoms with Crippen LogP contribution in [0.4, 0.5) is 4.79 Å². The molecule has 0 aliphatic heterocycles. The third kappa shape index (κ3) is 8.41. The minimum Gasteiger partial charge on any atom is -0.444 e. The summed E-state index contributed by atoms with van der Waals surface area (Å²) >= 11 is 6.11. The number of benzene rings is 3. The molecule has 5 nitrogen and oxygen atoms in total. The van der Waals surface area contributed by atoms with E-state index in [0.29, 0.717) is 17.1 Å². The molecule has 3 rings (SSSR count). The van der Waals surface area contributed by atoms with Gasteiger partial charge in [-0.15, -0.1) is 0 Å². The number of amides is 1. The highest BCUT2D eigenvalue weighted by molar-refractivity contribution is 6.30. The van der Waals surface area contributed by atoms with Gasteiger partial charge in [-0.2, -0.15) is 5.26 Å². The lowest BCUT2D eigenvalue weighted by Crippen LogP contribution is -2.43. The van der Waals surface area contributed by atoms with Crippen molar-refractivity contribution in [1.29, 1.82) is 5.26 Å². The number of nitrogens with one attached hydrogen (secondary N) is 2. The first-order valence-corrected chi connectivity index (χ1v) is 12.5. The van der Waals surface area contributed by atoms with Gasteiger partial charge in [-0.3, -0.25) is 0 Å². The maximum atomic E-state index is 12.4. The minimum atomic E-state index is -0.567. The molecule has 2 N–H and O–H groups in total. The van der Waals surface area contributed by atoms with Crippen molar-refractivity contribution in [3.05, 3.63) is 106 Å². The van der Waals surface area contributed by atoms with E-state index in [9.17, 15) is 10.1 Å². The molecule has 6 heteroatoms. The molecule has 2 unspecified atom stereocenters. The van der Waals surface area contributed by atoms with Crippen LogP contribution in [0.3, 0.4) is 0 Å². The van der Waals surface area contributed by atoms with Crippen molar-refractivity contribution in [3.8, 4) is 6.07 Å². The Morgan fingerprint density at radius 2 is 1.67 bits per heavy atom. The summed E-state index contributed by atoms with van der Waals surface area (Å²) < 4.78 is 5.44. The first kappa shape index (κ1) is 27.3. The Labute approximate surface area is 219 Å². The molecule has 0 aromatic heterocycles. The van der Waals surface area contributed by atoms with Gasteiger partial charge < -0.3 is 15.4 Å². The quantitative estimate of drug-likeness (QED) is 0.337. The van der Waals surface area contributed by atoms with Crippen LogP contribution in [0.15, 0.2) is 78.9 Å². The molecule has 0 spiro atoms. The number of nitriles is 1. The Morgan fingerprint density at radius 3 is 2.31 bits per heavy atom. The van der Waals surface area contributed by atoms with Crippen molar-refractivity contribution >= 4 is 17.7 Å². The van der Waals surface area contributed by atoms with Gasteiger partial charge in [0.05, 0.1) is 11.6 Å². The summed E-state index contributed by atoms with van der Waals surface area (Å²) in [4.78, 5) is 12.4. The lowest BCUT2D eigenvalue weighted by Gasteiger charge is -2.31. The van der Waals surface area contributed by atoms with Crippen molar-refractivity contribution in [1.82, 2.24) is 10.6 Å². The summed E-state index contributed by atoms with van der Waals surface area (Å²) in [6, 6.07) is 27.8. The first-order valence-electron chi connectivity index (χ1n) is 12.2. The van der Waals surface area contributed by atoms with Gasteiger partial charge in [0, 0.05) is 29.6 Å². The zero-order chi connectivity index (χ0) is 26.1. The molecule has 0 bridgehead atoms. The fourth-order valence-electron chi connectivity index (χ4n) is 4.19. The Kier molecular flexibility index (Phi) is 9.52. The topological polar surface area (TPSA) is 74.2 Å². The van der Waals surface area contributed by atoms with Crippen molar-refractivity contribution < 1.29 is 9.53 Å². The van der Waals surface area contributed by atoms with Gasteiger partial charge in [0.2, 0.25) is 0 Å². The van der Waals surface area contributed by atoms with Crippen molar-refractivity contribution in [2.75, 3.05) is 6.54 Å². The summed E-state index contributed by atoms with van der Waals surface area (Å²) in [5.74, 6) is 0.0761. The molecule has 0 aliphatic carbocycles. The van der Waals surface area contributed by atoms with Crippen LogP contribution in [0.5, 0.6) is 0 Å². The number of rotatable bonds is 9. The predicted octanol–water partition coefficient (Wildman–Crippen LogP) is 6.78. The second-order valence-electron chi connectivity index (χ2n) is 9.98. The molecule has 0 fully saturated rings. The lowest BCUT2D eigenvalue weighted by molar-refractivity contribution is 0.0521. The summed E-state index contributed by atoms with van der Waals surface area (Å²) in [6.07, 6.45) is 0.318. The van der Waals surface area contributed by atoms with E-state index in [1.807, 2.05) is 93.6 Å². The molecular formula is C30H34ClN3O2. The first-order chi connectivity index (χ1) is 17.1. The molecule has 0 saturated heterocycles. The third-order valence-corrected chi connectivity index (χ3v) is 6.18. The normalized spacial score (nSPS) is 13.8. The van der Waals surface area contributed by atoms with Gasteiger partial charge in [-0.25, -0.2) is 4.79 Å². The van der Waals surface area contributed by atoms with Gasteiger partial charge in [0.15, 0.2) is 0 Å². The van der Waals surface area contributed by atoms with Crippen LogP contribution < -0.4 is 10.6 Å². The highest BCUT2D eigenvalue weighted by Crippen LogP contribution is 2.28. The van der Waals surface area contributed by atoms with Crippen LogP contribution in [0.1, 0.15) is 61.9 Å². The molecule has 0 aliphatic rings. The van der Waals surface area contributed by atoms with E-state index >= 15 is 0 Å². The summed E-state index contributed by atoms with van der Waals surface area (Å²) in [5.41, 5.74) is 3.37. The summed E-state index contributed by atoms with van der Waals surface area (Å²) in [6.45, 7) is 8.05. The number of carbonyl (C=O) groups excluding carboxylic acids is 1. The largest absolute Gasteiger partial charge is 0.444 e. The lowest BCUT2D eigenvalue weighted by atomic mass is 9.85. The SMILES string of the molecule is CC(N[C@H](CNC(=O)OC(C)(C)C)c1ccccc1)C(Cc1ccc(Cl)cc1)c1cccc(C#N)c1. The number of halogens is 1. The van der Waals surface area contributed by atoms with Crippen LogP contribution in [-0.4, -0.2) is 24.3 Å². The van der Waals surface area contributed by atoms with E-state index in [2.05, 4.69) is 29.7 Å².